The van der Waals surface area contributed by atoms with Gasteiger partial charge in [-0.1, -0.05) is 37.6 Å². The Labute approximate surface area is 246 Å². The highest BCUT2D eigenvalue weighted by Crippen LogP contribution is 2.23. The molecule has 1 fully saturated rings. The topological polar surface area (TPSA) is 163 Å². The lowest BCUT2D eigenvalue weighted by atomic mass is 9.98. The van der Waals surface area contributed by atoms with Crippen molar-refractivity contribution in [1.82, 2.24) is 29.3 Å². The molecule has 1 saturated heterocycles. The van der Waals surface area contributed by atoms with Gasteiger partial charge in [-0.05, 0) is 63.2 Å². The largest absolute Gasteiger partial charge is 0.481 e. The van der Waals surface area contributed by atoms with Crippen LogP contribution in [0.1, 0.15) is 69.4 Å². The molecule has 230 valence electrons. The minimum atomic E-state index is -0.841. The normalized spacial score (nSPS) is 15.4. The zero-order chi connectivity index (χ0) is 30.1. The van der Waals surface area contributed by atoms with Crippen LogP contribution < -0.4 is 16.2 Å². The van der Waals surface area contributed by atoms with E-state index in [0.29, 0.717) is 43.3 Å². The molecule has 4 rings (SSSR count). The van der Waals surface area contributed by atoms with E-state index in [-0.39, 0.29) is 24.1 Å². The first kappa shape index (κ1) is 31.5. The Hall–Kier alpha value is -3.48. The number of fused-ring (bicyclic) bond motifs is 1. The molecule has 0 amide bonds. The fourth-order valence-electron chi connectivity index (χ4n) is 5.57. The van der Waals surface area contributed by atoms with E-state index in [1.54, 1.807) is 11.5 Å². The maximum Gasteiger partial charge on any atom is 0.327 e. The average molecular weight is 584 g/mol. The first-order valence-corrected chi connectivity index (χ1v) is 15.1. The number of nitrogen functional groups attached to an aromatic ring is 1. The quantitative estimate of drug-likeness (QED) is 0.184. The molecule has 1 aliphatic heterocycles. The first-order valence-electron chi connectivity index (χ1n) is 15.1. The van der Waals surface area contributed by atoms with E-state index < -0.39 is 11.9 Å². The number of nitrogens with two attached hydrogens (primary N) is 1. The number of aliphatic carboxylic acids is 1. The number of piperidine rings is 1. The van der Waals surface area contributed by atoms with Crippen molar-refractivity contribution in [2.75, 3.05) is 45.1 Å². The third-order valence-corrected chi connectivity index (χ3v) is 8.10. The van der Waals surface area contributed by atoms with Gasteiger partial charge in [-0.2, -0.15) is 9.97 Å². The first-order chi connectivity index (χ1) is 20.3. The SMILES string of the molecule is CCCCOc1nc(N)c2[nH]c(=O)n(CCCN(Cc3cccc(C(C)C(=O)O)c3)C3CCN(CCCO)CC3)c2n1. The van der Waals surface area contributed by atoms with Crippen molar-refractivity contribution >= 4 is 23.0 Å². The van der Waals surface area contributed by atoms with Crippen LogP contribution in [0.25, 0.3) is 11.2 Å². The van der Waals surface area contributed by atoms with Gasteiger partial charge in [0.1, 0.15) is 5.52 Å². The second-order valence-corrected chi connectivity index (χ2v) is 11.2. The molecule has 1 atom stereocenters. The number of aliphatic hydroxyl groups excluding tert-OH is 1. The van der Waals surface area contributed by atoms with E-state index in [0.717, 1.165) is 69.4 Å². The fourth-order valence-corrected chi connectivity index (χ4v) is 5.57. The summed E-state index contributed by atoms with van der Waals surface area (Å²) in [6.07, 6.45) is 5.35. The molecule has 5 N–H and O–H groups in total. The second kappa shape index (κ2) is 15.1. The summed E-state index contributed by atoms with van der Waals surface area (Å²) >= 11 is 0. The van der Waals surface area contributed by atoms with Gasteiger partial charge in [0, 0.05) is 38.8 Å². The highest BCUT2D eigenvalue weighted by molar-refractivity contribution is 5.81. The van der Waals surface area contributed by atoms with E-state index in [1.807, 2.05) is 24.3 Å². The van der Waals surface area contributed by atoms with E-state index >= 15 is 0 Å². The van der Waals surface area contributed by atoms with Crippen LogP contribution in [-0.2, 0) is 17.9 Å². The molecule has 1 unspecified atom stereocenters. The van der Waals surface area contributed by atoms with Gasteiger partial charge in [0.25, 0.3) is 0 Å². The molecule has 0 saturated carbocycles. The number of H-pyrrole nitrogens is 1. The molecule has 42 heavy (non-hydrogen) atoms. The summed E-state index contributed by atoms with van der Waals surface area (Å²) in [5.74, 6) is -1.23. The van der Waals surface area contributed by atoms with E-state index in [2.05, 4.69) is 31.7 Å². The van der Waals surface area contributed by atoms with Crippen molar-refractivity contribution in [3.8, 4) is 6.01 Å². The Morgan fingerprint density at radius 2 is 2.00 bits per heavy atom. The Bertz CT molecular complexity index is 1370. The molecule has 0 spiro atoms. The number of carboxylic acid groups (broad SMARTS) is 1. The Kier molecular flexibility index (Phi) is 11.3. The molecule has 1 aromatic carbocycles. The van der Waals surface area contributed by atoms with Crippen molar-refractivity contribution in [1.29, 1.82) is 0 Å². The molecule has 0 aliphatic carbocycles. The number of unbranched alkanes of at least 4 members (excludes halogenated alkanes) is 1. The smallest absolute Gasteiger partial charge is 0.327 e. The van der Waals surface area contributed by atoms with Crippen molar-refractivity contribution in [2.24, 2.45) is 0 Å². The summed E-state index contributed by atoms with van der Waals surface area (Å²) in [5.41, 5.74) is 8.56. The van der Waals surface area contributed by atoms with Crippen LogP contribution in [0.2, 0.25) is 0 Å². The number of carboxylic acids is 1. The predicted octanol–water partition coefficient (Wildman–Crippen LogP) is 2.81. The van der Waals surface area contributed by atoms with Crippen LogP contribution >= 0.6 is 0 Å². The number of hydrogen-bond acceptors (Lipinski definition) is 9. The number of nitrogens with one attached hydrogen (secondary N) is 1. The number of aliphatic hydroxyl groups is 1. The van der Waals surface area contributed by atoms with Gasteiger partial charge in [0.15, 0.2) is 11.5 Å². The lowest BCUT2D eigenvalue weighted by Crippen LogP contribution is -2.45. The minimum absolute atomic E-state index is 0.172. The molecule has 0 bridgehead atoms. The second-order valence-electron chi connectivity index (χ2n) is 11.2. The number of nitrogens with zero attached hydrogens (tertiary/aromatic N) is 5. The number of ether oxygens (including phenoxy) is 1. The highest BCUT2D eigenvalue weighted by atomic mass is 16.5. The van der Waals surface area contributed by atoms with E-state index in [9.17, 15) is 19.8 Å². The number of rotatable bonds is 16. The number of imidazole rings is 1. The third kappa shape index (κ3) is 8.08. The number of aryl methyl sites for hydroxylation is 1. The lowest BCUT2D eigenvalue weighted by Gasteiger charge is -2.39. The maximum atomic E-state index is 12.9. The van der Waals surface area contributed by atoms with Crippen LogP contribution in [0.3, 0.4) is 0 Å². The van der Waals surface area contributed by atoms with Gasteiger partial charge in [-0.25, -0.2) is 4.79 Å². The number of aromatic nitrogens is 4. The summed E-state index contributed by atoms with van der Waals surface area (Å²) in [5, 5.41) is 18.7. The number of benzene rings is 1. The van der Waals surface area contributed by atoms with Crippen LogP contribution in [0.4, 0.5) is 5.82 Å². The zero-order valence-electron chi connectivity index (χ0n) is 24.8. The fraction of sp³-hybridized carbons (Fsp3) is 0.600. The van der Waals surface area contributed by atoms with Crippen molar-refractivity contribution in [2.45, 2.75) is 77.4 Å². The molecule has 12 nitrogen and oxygen atoms in total. The van der Waals surface area contributed by atoms with Gasteiger partial charge in [0.05, 0.1) is 12.5 Å². The monoisotopic (exact) mass is 583 g/mol. The van der Waals surface area contributed by atoms with Gasteiger partial charge in [-0.15, -0.1) is 0 Å². The Balaban J connectivity index is 1.49. The summed E-state index contributed by atoms with van der Waals surface area (Å²) in [7, 11) is 0. The van der Waals surface area contributed by atoms with E-state index in [1.165, 1.54) is 0 Å². The van der Waals surface area contributed by atoms with Crippen LogP contribution in [0.5, 0.6) is 6.01 Å². The number of likely N-dealkylation sites (tertiary alicyclic amines) is 1. The highest BCUT2D eigenvalue weighted by Gasteiger charge is 2.25. The van der Waals surface area contributed by atoms with Crippen molar-refractivity contribution < 1.29 is 19.7 Å². The molecule has 2 aromatic heterocycles. The third-order valence-electron chi connectivity index (χ3n) is 8.10. The standard InChI is InChI=1S/C30H45N7O5/c1-3-4-18-42-29-33-26(31)25-27(34-29)37(30(41)32-25)14-6-13-36(24-10-15-35(16-11-24)12-7-17-38)20-22-8-5-9-23(19-22)21(2)28(39)40/h5,8-9,19,21,24,38H,3-4,6-7,10-18,20H2,1-2H3,(H,32,41)(H,39,40)(H2,31,33,34). The van der Waals surface area contributed by atoms with Crippen LogP contribution in [0.15, 0.2) is 29.1 Å². The Morgan fingerprint density at radius 1 is 1.21 bits per heavy atom. The summed E-state index contributed by atoms with van der Waals surface area (Å²) in [6, 6.07) is 8.36. The number of carbonyl (C=O) groups is 1. The maximum absolute atomic E-state index is 12.9. The molecule has 12 heteroatoms. The Morgan fingerprint density at radius 3 is 2.71 bits per heavy atom. The van der Waals surface area contributed by atoms with Crippen molar-refractivity contribution in [3.63, 3.8) is 0 Å². The van der Waals surface area contributed by atoms with Gasteiger partial charge < -0.3 is 30.6 Å². The zero-order valence-corrected chi connectivity index (χ0v) is 24.8. The molecule has 3 heterocycles. The van der Waals surface area contributed by atoms with Crippen molar-refractivity contribution in [3.05, 3.63) is 45.9 Å². The number of hydrogen-bond donors (Lipinski definition) is 4. The lowest BCUT2D eigenvalue weighted by molar-refractivity contribution is -0.138. The van der Waals surface area contributed by atoms with Crippen LogP contribution in [-0.4, -0.2) is 90.9 Å². The summed E-state index contributed by atoms with van der Waals surface area (Å²) in [6.45, 7) is 9.19. The van der Waals surface area contributed by atoms with E-state index in [4.69, 9.17) is 10.5 Å². The predicted molar refractivity (Wildman–Crippen MR) is 162 cm³/mol. The summed E-state index contributed by atoms with van der Waals surface area (Å²) in [4.78, 5) is 40.8. The molecule has 1 aliphatic rings. The molecule has 3 aromatic rings. The minimum Gasteiger partial charge on any atom is -0.481 e. The van der Waals surface area contributed by atoms with Gasteiger partial charge in [-0.3, -0.25) is 14.3 Å². The van der Waals surface area contributed by atoms with Crippen LogP contribution in [0, 0.1) is 0 Å². The number of aromatic amines is 1. The average Bonchev–Trinajstić information content (AvgIpc) is 3.31. The van der Waals surface area contributed by atoms with Gasteiger partial charge in [0.2, 0.25) is 0 Å². The molecule has 0 radical (unpaired) electrons. The molecular weight excluding hydrogens is 538 g/mol. The summed E-state index contributed by atoms with van der Waals surface area (Å²) < 4.78 is 7.27. The number of anilines is 1. The van der Waals surface area contributed by atoms with Gasteiger partial charge >= 0.3 is 17.7 Å². The molecular formula is C30H45N7O5.